The van der Waals surface area contributed by atoms with Gasteiger partial charge in [-0.1, -0.05) is 0 Å². The zero-order valence-electron chi connectivity index (χ0n) is 9.91. The number of aryl methyl sites for hydroxylation is 2. The third kappa shape index (κ3) is 3.12. The van der Waals surface area contributed by atoms with Crippen molar-refractivity contribution in [2.45, 2.75) is 20.8 Å². The summed E-state index contributed by atoms with van der Waals surface area (Å²) < 4.78 is 4.80. The van der Waals surface area contributed by atoms with Gasteiger partial charge in [0.2, 0.25) is 0 Å². The monoisotopic (exact) mass is 219 g/mol. The maximum absolute atomic E-state index is 11.1. The van der Waals surface area contributed by atoms with Crippen LogP contribution in [-0.4, -0.2) is 12.6 Å². The molecule has 16 heavy (non-hydrogen) atoms. The molecule has 0 heterocycles. The molecule has 0 spiro atoms. The highest BCUT2D eigenvalue weighted by Crippen LogP contribution is 2.19. The van der Waals surface area contributed by atoms with Crippen molar-refractivity contribution in [2.75, 3.05) is 12.3 Å². The van der Waals surface area contributed by atoms with Crippen molar-refractivity contribution in [3.8, 4) is 0 Å². The maximum atomic E-state index is 11.1. The molecule has 0 fully saturated rings. The van der Waals surface area contributed by atoms with Gasteiger partial charge in [-0.25, -0.2) is 4.79 Å². The lowest BCUT2D eigenvalue weighted by atomic mass is 10.0. The fourth-order valence-electron chi connectivity index (χ4n) is 1.46. The number of nitrogens with two attached hydrogens (primary N) is 1. The fourth-order valence-corrected chi connectivity index (χ4v) is 1.46. The molecule has 0 saturated carbocycles. The first-order chi connectivity index (χ1) is 7.54. The average molecular weight is 219 g/mol. The average Bonchev–Trinajstić information content (AvgIpc) is 2.23. The fraction of sp³-hybridized carbons (Fsp3) is 0.308. The lowest BCUT2D eigenvalue weighted by Gasteiger charge is -2.05. The molecule has 1 rings (SSSR count). The minimum Gasteiger partial charge on any atom is -0.463 e. The molecule has 2 N–H and O–H groups in total. The quantitative estimate of drug-likeness (QED) is 0.482. The third-order valence-corrected chi connectivity index (χ3v) is 2.31. The minimum atomic E-state index is -0.324. The Morgan fingerprint density at radius 2 is 1.94 bits per heavy atom. The Kier molecular flexibility index (Phi) is 4.11. The van der Waals surface area contributed by atoms with E-state index in [1.165, 1.54) is 6.08 Å². The molecule has 3 nitrogen and oxygen atoms in total. The Bertz CT molecular complexity index is 399. The predicted molar refractivity (Wildman–Crippen MR) is 66.0 cm³/mol. The van der Waals surface area contributed by atoms with Crippen LogP contribution in [0.3, 0.4) is 0 Å². The first kappa shape index (κ1) is 12.3. The first-order valence-corrected chi connectivity index (χ1v) is 5.26. The number of esters is 1. The second-order valence-corrected chi connectivity index (χ2v) is 3.65. The van der Waals surface area contributed by atoms with Gasteiger partial charge < -0.3 is 10.5 Å². The van der Waals surface area contributed by atoms with Gasteiger partial charge in [0.1, 0.15) is 0 Å². The summed E-state index contributed by atoms with van der Waals surface area (Å²) in [6.07, 6.45) is 3.16. The number of nitrogen functional groups attached to an aromatic ring is 1. The molecule has 0 saturated heterocycles. The topological polar surface area (TPSA) is 52.3 Å². The second kappa shape index (κ2) is 5.35. The Balaban J connectivity index is 2.86. The van der Waals surface area contributed by atoms with Crippen LogP contribution in [0.4, 0.5) is 5.69 Å². The molecule has 0 amide bonds. The second-order valence-electron chi connectivity index (χ2n) is 3.65. The van der Waals surface area contributed by atoms with Gasteiger partial charge in [-0.2, -0.15) is 0 Å². The van der Waals surface area contributed by atoms with Gasteiger partial charge in [0, 0.05) is 11.8 Å². The highest BCUT2D eigenvalue weighted by molar-refractivity contribution is 5.87. The van der Waals surface area contributed by atoms with Gasteiger partial charge >= 0.3 is 5.97 Å². The van der Waals surface area contributed by atoms with Crippen LogP contribution in [0.2, 0.25) is 0 Å². The number of rotatable bonds is 3. The predicted octanol–water partition coefficient (Wildman–Crippen LogP) is 2.46. The van der Waals surface area contributed by atoms with Crippen LogP contribution in [0.5, 0.6) is 0 Å². The van der Waals surface area contributed by atoms with Crippen molar-refractivity contribution >= 4 is 17.7 Å². The van der Waals surface area contributed by atoms with Crippen LogP contribution in [0.25, 0.3) is 6.08 Å². The Morgan fingerprint density at radius 1 is 1.38 bits per heavy atom. The summed E-state index contributed by atoms with van der Waals surface area (Å²) in [5, 5.41) is 0. The van der Waals surface area contributed by atoms with Crippen molar-refractivity contribution in [3.05, 3.63) is 34.9 Å². The molecule has 3 heteroatoms. The number of carbonyl (C=O) groups excluding carboxylic acids is 1. The summed E-state index contributed by atoms with van der Waals surface area (Å²) in [6, 6.07) is 3.89. The van der Waals surface area contributed by atoms with Crippen molar-refractivity contribution in [1.29, 1.82) is 0 Å². The van der Waals surface area contributed by atoms with E-state index in [0.29, 0.717) is 6.61 Å². The van der Waals surface area contributed by atoms with Crippen LogP contribution in [0.15, 0.2) is 18.2 Å². The Hall–Kier alpha value is -1.77. The van der Waals surface area contributed by atoms with Crippen LogP contribution >= 0.6 is 0 Å². The molecule has 0 unspecified atom stereocenters. The molecule has 0 aliphatic carbocycles. The van der Waals surface area contributed by atoms with Crippen molar-refractivity contribution in [2.24, 2.45) is 0 Å². The van der Waals surface area contributed by atoms with Crippen molar-refractivity contribution in [1.82, 2.24) is 0 Å². The zero-order chi connectivity index (χ0) is 12.1. The van der Waals surface area contributed by atoms with E-state index in [2.05, 4.69) is 0 Å². The molecule has 86 valence electrons. The molecule has 0 aliphatic rings. The van der Waals surface area contributed by atoms with Gasteiger partial charge in [-0.05, 0) is 55.7 Å². The first-order valence-electron chi connectivity index (χ1n) is 5.26. The van der Waals surface area contributed by atoms with E-state index >= 15 is 0 Å². The number of benzene rings is 1. The molecule has 0 aliphatic heterocycles. The number of carbonyl (C=O) groups is 1. The summed E-state index contributed by atoms with van der Waals surface area (Å²) in [6.45, 7) is 6.07. The van der Waals surface area contributed by atoms with Gasteiger partial charge in [-0.3, -0.25) is 0 Å². The van der Waals surface area contributed by atoms with E-state index in [0.717, 1.165) is 22.4 Å². The normalized spacial score (nSPS) is 10.7. The minimum absolute atomic E-state index is 0.324. The summed E-state index contributed by atoms with van der Waals surface area (Å²) in [7, 11) is 0. The largest absolute Gasteiger partial charge is 0.463 e. The molecule has 0 radical (unpaired) electrons. The van der Waals surface area contributed by atoms with Crippen LogP contribution in [-0.2, 0) is 9.53 Å². The SMILES string of the molecule is CCOC(=O)/C=C/c1cc(C)c(N)c(C)c1. The van der Waals surface area contributed by atoms with E-state index in [-0.39, 0.29) is 5.97 Å². The highest BCUT2D eigenvalue weighted by Gasteiger charge is 2.00. The smallest absolute Gasteiger partial charge is 0.330 e. The van der Waals surface area contributed by atoms with Gasteiger partial charge in [-0.15, -0.1) is 0 Å². The van der Waals surface area contributed by atoms with E-state index in [1.807, 2.05) is 26.0 Å². The summed E-state index contributed by atoms with van der Waals surface area (Å²) in [4.78, 5) is 11.1. The summed E-state index contributed by atoms with van der Waals surface area (Å²) >= 11 is 0. The van der Waals surface area contributed by atoms with E-state index < -0.39 is 0 Å². The molecular weight excluding hydrogens is 202 g/mol. The number of anilines is 1. The number of hydrogen-bond acceptors (Lipinski definition) is 3. The lowest BCUT2D eigenvalue weighted by molar-refractivity contribution is -0.137. The van der Waals surface area contributed by atoms with E-state index in [4.69, 9.17) is 10.5 Å². The summed E-state index contributed by atoms with van der Waals surface area (Å²) in [5.74, 6) is -0.324. The van der Waals surface area contributed by atoms with Crippen LogP contribution < -0.4 is 5.73 Å². The standard InChI is InChI=1S/C13H17NO2/c1-4-16-12(15)6-5-11-7-9(2)13(14)10(3)8-11/h5-8H,4,14H2,1-3H3/b6-5+. The number of ether oxygens (including phenoxy) is 1. The molecule has 0 atom stereocenters. The van der Waals surface area contributed by atoms with Gasteiger partial charge in [0.25, 0.3) is 0 Å². The van der Waals surface area contributed by atoms with Crippen molar-refractivity contribution in [3.63, 3.8) is 0 Å². The van der Waals surface area contributed by atoms with Crippen molar-refractivity contribution < 1.29 is 9.53 Å². The summed E-state index contributed by atoms with van der Waals surface area (Å²) in [5.41, 5.74) is 9.63. The van der Waals surface area contributed by atoms with E-state index in [9.17, 15) is 4.79 Å². The van der Waals surface area contributed by atoms with Crippen LogP contribution in [0, 0.1) is 13.8 Å². The van der Waals surface area contributed by atoms with Crippen LogP contribution in [0.1, 0.15) is 23.6 Å². The lowest BCUT2D eigenvalue weighted by Crippen LogP contribution is -1.99. The Morgan fingerprint density at radius 3 is 2.44 bits per heavy atom. The van der Waals surface area contributed by atoms with E-state index in [1.54, 1.807) is 13.0 Å². The molecule has 0 bridgehead atoms. The van der Waals surface area contributed by atoms with Gasteiger partial charge in [0.15, 0.2) is 0 Å². The molecule has 1 aromatic carbocycles. The third-order valence-electron chi connectivity index (χ3n) is 2.31. The van der Waals surface area contributed by atoms with Gasteiger partial charge in [0.05, 0.1) is 6.61 Å². The maximum Gasteiger partial charge on any atom is 0.330 e. The zero-order valence-corrected chi connectivity index (χ0v) is 9.91. The molecule has 0 aromatic heterocycles. The Labute approximate surface area is 95.9 Å². The molecule has 1 aromatic rings. The number of hydrogen-bond donors (Lipinski definition) is 1. The molecular formula is C13H17NO2. The highest BCUT2D eigenvalue weighted by atomic mass is 16.5.